The Morgan fingerprint density at radius 3 is 2.00 bits per heavy atom. The van der Waals surface area contributed by atoms with Crippen molar-refractivity contribution in [2.45, 2.75) is 110 Å². The lowest BCUT2D eigenvalue weighted by Gasteiger charge is -2.12. The highest BCUT2D eigenvalue weighted by atomic mass is 16.2. The van der Waals surface area contributed by atoms with Gasteiger partial charge < -0.3 is 0 Å². The van der Waals surface area contributed by atoms with Crippen LogP contribution in [0.2, 0.25) is 0 Å². The number of hydrogen-bond acceptors (Lipinski definition) is 2. The molecule has 1 heterocycles. The molecule has 1 saturated heterocycles. The van der Waals surface area contributed by atoms with E-state index in [1.54, 1.807) is 0 Å². The molecule has 0 spiro atoms. The van der Waals surface area contributed by atoms with Crippen LogP contribution in [0.3, 0.4) is 0 Å². The molecule has 0 aromatic carbocycles. The van der Waals surface area contributed by atoms with Gasteiger partial charge in [0, 0.05) is 19.4 Å². The van der Waals surface area contributed by atoms with Gasteiger partial charge in [0.1, 0.15) is 0 Å². The molecular formula is C22H39NO2. The average molecular weight is 350 g/mol. The summed E-state index contributed by atoms with van der Waals surface area (Å²) in [5, 5.41) is 0. The number of rotatable bonds is 15. The Kier molecular flexibility index (Phi) is 13.3. The highest BCUT2D eigenvalue weighted by Gasteiger charge is 2.25. The third kappa shape index (κ3) is 11.2. The van der Waals surface area contributed by atoms with Crippen molar-refractivity contribution in [3.8, 4) is 0 Å². The third-order valence-corrected chi connectivity index (χ3v) is 5.03. The zero-order valence-electron chi connectivity index (χ0n) is 16.4. The van der Waals surface area contributed by atoms with Crippen LogP contribution >= 0.6 is 0 Å². The molecule has 0 aromatic heterocycles. The molecule has 25 heavy (non-hydrogen) atoms. The second-order valence-electron chi connectivity index (χ2n) is 7.38. The first-order valence-corrected chi connectivity index (χ1v) is 10.7. The lowest BCUT2D eigenvalue weighted by atomic mass is 10.1. The molecule has 0 bridgehead atoms. The second-order valence-corrected chi connectivity index (χ2v) is 7.38. The second kappa shape index (κ2) is 15.2. The fraction of sp³-hybridized carbons (Fsp3) is 0.818. The lowest BCUT2D eigenvalue weighted by molar-refractivity contribution is -0.141. The van der Waals surface area contributed by atoms with Gasteiger partial charge in [-0.2, -0.15) is 0 Å². The van der Waals surface area contributed by atoms with E-state index in [4.69, 9.17) is 0 Å². The Balaban J connectivity index is 1.82. The van der Waals surface area contributed by atoms with Crippen molar-refractivity contribution in [1.29, 1.82) is 0 Å². The van der Waals surface area contributed by atoms with Crippen molar-refractivity contribution in [3.05, 3.63) is 12.2 Å². The van der Waals surface area contributed by atoms with E-state index in [1.807, 2.05) is 0 Å². The van der Waals surface area contributed by atoms with Crippen molar-refractivity contribution in [3.63, 3.8) is 0 Å². The van der Waals surface area contributed by atoms with E-state index in [1.165, 1.54) is 75.5 Å². The van der Waals surface area contributed by atoms with E-state index < -0.39 is 0 Å². The Bertz CT molecular complexity index is 389. The maximum atomic E-state index is 11.9. The van der Waals surface area contributed by atoms with Gasteiger partial charge in [-0.1, -0.05) is 70.4 Å². The fourth-order valence-corrected chi connectivity index (χ4v) is 3.39. The lowest BCUT2D eigenvalue weighted by Crippen LogP contribution is -2.31. The molecule has 1 aliphatic rings. The summed E-state index contributed by atoms with van der Waals surface area (Å²) in [6.45, 7) is 2.90. The first-order chi connectivity index (χ1) is 12.3. The molecular weight excluding hydrogens is 310 g/mol. The standard InChI is InChI=1S/C22H39NO2/c1-2-3-4-5-6-7-8-9-10-11-12-13-14-15-16-18-21(24)23-20-17-19-22(23)25/h9-10H,2-8,11-20H2,1H3/b10-9-. The summed E-state index contributed by atoms with van der Waals surface area (Å²) in [6, 6.07) is 0. The first kappa shape index (κ1) is 21.9. The number of amides is 2. The van der Waals surface area contributed by atoms with Gasteiger partial charge in [0.15, 0.2) is 0 Å². The molecule has 3 heteroatoms. The zero-order valence-corrected chi connectivity index (χ0v) is 16.4. The van der Waals surface area contributed by atoms with Gasteiger partial charge in [-0.05, 0) is 38.5 Å². The third-order valence-electron chi connectivity index (χ3n) is 5.03. The summed E-state index contributed by atoms with van der Waals surface area (Å²) < 4.78 is 0. The van der Waals surface area contributed by atoms with Gasteiger partial charge in [0.2, 0.25) is 11.8 Å². The predicted octanol–water partition coefficient (Wildman–Crippen LogP) is 6.17. The van der Waals surface area contributed by atoms with Crippen LogP contribution in [-0.4, -0.2) is 23.3 Å². The van der Waals surface area contributed by atoms with Crippen LogP contribution in [0, 0.1) is 0 Å². The van der Waals surface area contributed by atoms with E-state index >= 15 is 0 Å². The van der Waals surface area contributed by atoms with Crippen molar-refractivity contribution >= 4 is 11.8 Å². The monoisotopic (exact) mass is 349 g/mol. The van der Waals surface area contributed by atoms with Crippen LogP contribution < -0.4 is 0 Å². The number of carbonyl (C=O) groups excluding carboxylic acids is 2. The Hall–Kier alpha value is -1.12. The molecule has 1 fully saturated rings. The van der Waals surface area contributed by atoms with Crippen molar-refractivity contribution < 1.29 is 9.59 Å². The van der Waals surface area contributed by atoms with Crippen molar-refractivity contribution in [2.75, 3.05) is 6.54 Å². The predicted molar refractivity (Wildman–Crippen MR) is 105 cm³/mol. The maximum absolute atomic E-state index is 11.9. The topological polar surface area (TPSA) is 37.4 Å². The van der Waals surface area contributed by atoms with Gasteiger partial charge in [-0.3, -0.25) is 14.5 Å². The molecule has 144 valence electrons. The molecule has 0 radical (unpaired) electrons. The fourth-order valence-electron chi connectivity index (χ4n) is 3.39. The molecule has 2 amide bonds. The van der Waals surface area contributed by atoms with Gasteiger partial charge in [-0.15, -0.1) is 0 Å². The van der Waals surface area contributed by atoms with Gasteiger partial charge in [-0.25, -0.2) is 0 Å². The average Bonchev–Trinajstić information content (AvgIpc) is 3.04. The molecule has 0 atom stereocenters. The van der Waals surface area contributed by atoms with E-state index in [9.17, 15) is 9.59 Å². The van der Waals surface area contributed by atoms with Gasteiger partial charge in [0.25, 0.3) is 0 Å². The molecule has 3 nitrogen and oxygen atoms in total. The Morgan fingerprint density at radius 2 is 1.44 bits per heavy atom. The number of likely N-dealkylation sites (tertiary alicyclic amines) is 1. The van der Waals surface area contributed by atoms with Crippen LogP contribution in [0.15, 0.2) is 12.2 Å². The molecule has 1 rings (SSSR count). The van der Waals surface area contributed by atoms with E-state index in [0.717, 1.165) is 19.3 Å². The molecule has 0 saturated carbocycles. The molecule has 1 aliphatic heterocycles. The summed E-state index contributed by atoms with van der Waals surface area (Å²) in [5.41, 5.74) is 0. The van der Waals surface area contributed by atoms with Crippen molar-refractivity contribution in [2.24, 2.45) is 0 Å². The minimum atomic E-state index is 0.0257. The normalized spacial score (nSPS) is 14.8. The highest BCUT2D eigenvalue weighted by Crippen LogP contribution is 2.14. The van der Waals surface area contributed by atoms with E-state index in [0.29, 0.717) is 19.4 Å². The zero-order chi connectivity index (χ0) is 18.2. The smallest absolute Gasteiger partial charge is 0.229 e. The quantitative estimate of drug-likeness (QED) is 0.262. The number of carbonyl (C=O) groups is 2. The largest absolute Gasteiger partial charge is 0.283 e. The minimum Gasteiger partial charge on any atom is -0.283 e. The van der Waals surface area contributed by atoms with Gasteiger partial charge in [0.05, 0.1) is 0 Å². The summed E-state index contributed by atoms with van der Waals surface area (Å²) >= 11 is 0. The Morgan fingerprint density at radius 1 is 0.880 bits per heavy atom. The van der Waals surface area contributed by atoms with E-state index in [2.05, 4.69) is 19.1 Å². The van der Waals surface area contributed by atoms with Crippen molar-refractivity contribution in [1.82, 2.24) is 4.90 Å². The van der Waals surface area contributed by atoms with Crippen LogP contribution in [0.1, 0.15) is 110 Å². The van der Waals surface area contributed by atoms with Gasteiger partial charge >= 0.3 is 0 Å². The number of imide groups is 1. The maximum Gasteiger partial charge on any atom is 0.229 e. The molecule has 0 N–H and O–H groups in total. The Labute approximate surface area is 155 Å². The minimum absolute atomic E-state index is 0.0257. The number of nitrogens with zero attached hydrogens (tertiary/aromatic N) is 1. The molecule has 0 aromatic rings. The highest BCUT2D eigenvalue weighted by molar-refractivity contribution is 5.96. The SMILES string of the molecule is CCCCCCCC/C=C\CCCCCCCC(=O)N1CCCC1=O. The summed E-state index contributed by atoms with van der Waals surface area (Å²) in [5.74, 6) is 0.0675. The first-order valence-electron chi connectivity index (χ1n) is 10.7. The number of hydrogen-bond donors (Lipinski definition) is 0. The summed E-state index contributed by atoms with van der Waals surface area (Å²) in [6.07, 6.45) is 23.0. The molecule has 0 unspecified atom stereocenters. The van der Waals surface area contributed by atoms with E-state index in [-0.39, 0.29) is 11.8 Å². The van der Waals surface area contributed by atoms with Crippen LogP contribution in [0.4, 0.5) is 0 Å². The number of unbranched alkanes of at least 4 members (excludes halogenated alkanes) is 11. The summed E-state index contributed by atoms with van der Waals surface area (Å²) in [4.78, 5) is 24.8. The number of allylic oxidation sites excluding steroid dienone is 2. The summed E-state index contributed by atoms with van der Waals surface area (Å²) in [7, 11) is 0. The molecule has 0 aliphatic carbocycles. The van der Waals surface area contributed by atoms with Crippen LogP contribution in [0.25, 0.3) is 0 Å². The van der Waals surface area contributed by atoms with Crippen LogP contribution in [0.5, 0.6) is 0 Å². The van der Waals surface area contributed by atoms with Crippen LogP contribution in [-0.2, 0) is 9.59 Å².